The zero-order valence-corrected chi connectivity index (χ0v) is 16.2. The molecular weight excluding hydrogens is 360 g/mol. The molecule has 1 saturated carbocycles. The molecule has 0 aromatic rings. The SMILES string of the molecule is CCCCCCCC=C(C)C(=O)OC1(C2OC(=O)CC2S(=O)(=O)O)CC1. The number of hydrogen-bond acceptors (Lipinski definition) is 6. The number of cyclic esters (lactones) is 1. The van der Waals surface area contributed by atoms with Gasteiger partial charge in [-0.2, -0.15) is 8.42 Å². The highest BCUT2D eigenvalue weighted by molar-refractivity contribution is 7.86. The van der Waals surface area contributed by atoms with Gasteiger partial charge in [0.05, 0.1) is 6.42 Å². The van der Waals surface area contributed by atoms with Crippen LogP contribution < -0.4 is 0 Å². The first-order chi connectivity index (χ1) is 12.2. The zero-order valence-electron chi connectivity index (χ0n) is 15.4. The lowest BCUT2D eigenvalue weighted by Crippen LogP contribution is -2.43. The number of unbranched alkanes of at least 4 members (excludes halogenated alkanes) is 5. The molecule has 26 heavy (non-hydrogen) atoms. The molecule has 1 aliphatic carbocycles. The number of ether oxygens (including phenoxy) is 2. The summed E-state index contributed by atoms with van der Waals surface area (Å²) in [5.74, 6) is -1.24. The third kappa shape index (κ3) is 5.30. The van der Waals surface area contributed by atoms with E-state index in [1.807, 2.05) is 6.08 Å². The largest absolute Gasteiger partial charge is 0.457 e. The lowest BCUT2D eigenvalue weighted by Gasteiger charge is -2.25. The third-order valence-electron chi connectivity index (χ3n) is 4.98. The van der Waals surface area contributed by atoms with E-state index in [1.54, 1.807) is 6.92 Å². The van der Waals surface area contributed by atoms with Crippen molar-refractivity contribution in [3.8, 4) is 0 Å². The molecule has 2 atom stereocenters. The number of carbonyl (C=O) groups is 2. The van der Waals surface area contributed by atoms with Gasteiger partial charge in [-0.25, -0.2) is 4.79 Å². The van der Waals surface area contributed by atoms with Gasteiger partial charge in [-0.1, -0.05) is 38.7 Å². The number of esters is 2. The van der Waals surface area contributed by atoms with Gasteiger partial charge in [0.2, 0.25) is 0 Å². The van der Waals surface area contributed by atoms with Gasteiger partial charge < -0.3 is 9.47 Å². The Balaban J connectivity index is 1.92. The second-order valence-electron chi connectivity index (χ2n) is 7.21. The molecule has 0 bridgehead atoms. The lowest BCUT2D eigenvalue weighted by atomic mass is 10.1. The minimum absolute atomic E-state index is 0.410. The Morgan fingerprint density at radius 2 is 1.96 bits per heavy atom. The predicted octanol–water partition coefficient (Wildman–Crippen LogP) is 2.94. The smallest absolute Gasteiger partial charge is 0.334 e. The molecule has 0 radical (unpaired) electrons. The Morgan fingerprint density at radius 3 is 2.54 bits per heavy atom. The van der Waals surface area contributed by atoms with Crippen LogP contribution in [0.2, 0.25) is 0 Å². The first-order valence-corrected chi connectivity index (χ1v) is 10.8. The van der Waals surface area contributed by atoms with E-state index in [4.69, 9.17) is 9.47 Å². The average molecular weight is 388 g/mol. The van der Waals surface area contributed by atoms with Crippen molar-refractivity contribution < 1.29 is 32.0 Å². The Hall–Kier alpha value is -1.41. The van der Waals surface area contributed by atoms with Gasteiger partial charge in [-0.05, 0) is 32.6 Å². The molecule has 1 saturated heterocycles. The summed E-state index contributed by atoms with van der Waals surface area (Å²) in [4.78, 5) is 23.8. The number of rotatable bonds is 10. The van der Waals surface area contributed by atoms with E-state index >= 15 is 0 Å². The van der Waals surface area contributed by atoms with Gasteiger partial charge in [-0.15, -0.1) is 0 Å². The summed E-state index contributed by atoms with van der Waals surface area (Å²) in [6.07, 6.45) is 7.55. The van der Waals surface area contributed by atoms with E-state index in [0.29, 0.717) is 18.4 Å². The molecule has 7 nitrogen and oxygen atoms in total. The topological polar surface area (TPSA) is 107 Å². The fraction of sp³-hybridized carbons (Fsp3) is 0.778. The molecule has 2 fully saturated rings. The first kappa shape index (κ1) is 20.9. The summed E-state index contributed by atoms with van der Waals surface area (Å²) in [5.41, 5.74) is -0.681. The molecular formula is C18H28O7S. The van der Waals surface area contributed by atoms with E-state index in [9.17, 15) is 22.6 Å². The van der Waals surface area contributed by atoms with Crippen molar-refractivity contribution in [2.45, 2.75) is 88.6 Å². The van der Waals surface area contributed by atoms with E-state index in [1.165, 1.54) is 19.3 Å². The van der Waals surface area contributed by atoms with Crippen molar-refractivity contribution >= 4 is 22.1 Å². The second-order valence-corrected chi connectivity index (χ2v) is 8.85. The molecule has 0 aromatic carbocycles. The van der Waals surface area contributed by atoms with E-state index in [2.05, 4.69) is 6.92 Å². The van der Waals surface area contributed by atoms with E-state index < -0.39 is 45.4 Å². The molecule has 8 heteroatoms. The van der Waals surface area contributed by atoms with Gasteiger partial charge in [-0.3, -0.25) is 9.35 Å². The number of carbonyl (C=O) groups excluding carboxylic acids is 2. The Labute approximate surface area is 154 Å². The van der Waals surface area contributed by atoms with Crippen LogP contribution in [0.5, 0.6) is 0 Å². The molecule has 1 heterocycles. The summed E-state index contributed by atoms with van der Waals surface area (Å²) in [5, 5.41) is -1.38. The Bertz CT molecular complexity index is 661. The fourth-order valence-electron chi connectivity index (χ4n) is 3.23. The fourth-order valence-corrected chi connectivity index (χ4v) is 4.19. The van der Waals surface area contributed by atoms with Crippen molar-refractivity contribution in [1.82, 2.24) is 0 Å². The number of hydrogen-bond donors (Lipinski definition) is 1. The highest BCUT2D eigenvalue weighted by Gasteiger charge is 2.63. The zero-order chi connectivity index (χ0) is 19.4. The molecule has 2 rings (SSSR count). The minimum Gasteiger partial charge on any atom is -0.457 e. The molecule has 0 aromatic heterocycles. The summed E-state index contributed by atoms with van der Waals surface area (Å²) in [6, 6.07) is 0. The molecule has 148 valence electrons. The molecule has 1 N–H and O–H groups in total. The van der Waals surface area contributed by atoms with Gasteiger partial charge in [0.1, 0.15) is 5.25 Å². The third-order valence-corrected chi connectivity index (χ3v) is 6.16. The normalized spacial score (nSPS) is 25.0. The molecule has 0 spiro atoms. The van der Waals surface area contributed by atoms with Crippen LogP contribution in [-0.2, 0) is 29.2 Å². The van der Waals surface area contributed by atoms with Gasteiger partial charge in [0.25, 0.3) is 10.1 Å². The van der Waals surface area contributed by atoms with Crippen LogP contribution in [-0.4, -0.2) is 41.9 Å². The van der Waals surface area contributed by atoms with Crippen LogP contribution in [0.4, 0.5) is 0 Å². The van der Waals surface area contributed by atoms with Crippen molar-refractivity contribution in [3.05, 3.63) is 11.6 Å². The Kier molecular flexibility index (Phi) is 6.85. The van der Waals surface area contributed by atoms with Gasteiger partial charge >= 0.3 is 11.9 Å². The second kappa shape index (κ2) is 8.52. The minimum atomic E-state index is -4.46. The maximum atomic E-state index is 12.3. The van der Waals surface area contributed by atoms with Crippen LogP contribution in [0.3, 0.4) is 0 Å². The van der Waals surface area contributed by atoms with Crippen molar-refractivity contribution in [3.63, 3.8) is 0 Å². The van der Waals surface area contributed by atoms with Crippen molar-refractivity contribution in [1.29, 1.82) is 0 Å². The summed E-state index contributed by atoms with van der Waals surface area (Å²) in [7, 11) is -4.46. The molecule has 2 aliphatic rings. The maximum Gasteiger partial charge on any atom is 0.334 e. The maximum absolute atomic E-state index is 12.3. The average Bonchev–Trinajstić information content (AvgIpc) is 3.21. The van der Waals surface area contributed by atoms with Crippen LogP contribution in [0.25, 0.3) is 0 Å². The molecule has 1 aliphatic heterocycles. The van der Waals surface area contributed by atoms with Gasteiger partial charge in [0.15, 0.2) is 11.7 Å². The first-order valence-electron chi connectivity index (χ1n) is 9.25. The standard InChI is InChI=1S/C18H28O7S/c1-3-4-5-6-7-8-9-13(2)17(20)25-18(10-11-18)16-14(26(21,22)23)12-15(19)24-16/h9,14,16H,3-8,10-12H2,1-2H3,(H,21,22,23). The number of allylic oxidation sites excluding steroid dienone is 1. The van der Waals surface area contributed by atoms with Crippen LogP contribution in [0.15, 0.2) is 11.6 Å². The monoisotopic (exact) mass is 388 g/mol. The summed E-state index contributed by atoms with van der Waals surface area (Å²) >= 11 is 0. The quantitative estimate of drug-likeness (QED) is 0.265. The summed E-state index contributed by atoms with van der Waals surface area (Å²) < 4.78 is 42.9. The van der Waals surface area contributed by atoms with Crippen molar-refractivity contribution in [2.75, 3.05) is 0 Å². The van der Waals surface area contributed by atoms with Crippen LogP contribution >= 0.6 is 0 Å². The highest BCUT2D eigenvalue weighted by atomic mass is 32.2. The predicted molar refractivity (Wildman–Crippen MR) is 95.0 cm³/mol. The highest BCUT2D eigenvalue weighted by Crippen LogP contribution is 2.49. The van der Waals surface area contributed by atoms with Crippen LogP contribution in [0, 0.1) is 0 Å². The lowest BCUT2D eigenvalue weighted by molar-refractivity contribution is -0.161. The van der Waals surface area contributed by atoms with E-state index in [-0.39, 0.29) is 0 Å². The van der Waals surface area contributed by atoms with Gasteiger partial charge in [0, 0.05) is 5.57 Å². The Morgan fingerprint density at radius 1 is 1.31 bits per heavy atom. The molecule has 2 unspecified atom stereocenters. The molecule has 0 amide bonds. The van der Waals surface area contributed by atoms with E-state index in [0.717, 1.165) is 19.3 Å². The summed E-state index contributed by atoms with van der Waals surface area (Å²) in [6.45, 7) is 3.81. The van der Waals surface area contributed by atoms with Crippen LogP contribution in [0.1, 0.15) is 71.6 Å². The van der Waals surface area contributed by atoms with Crippen molar-refractivity contribution in [2.24, 2.45) is 0 Å².